The number of fused-ring (bicyclic) bond motifs is 1. The molecule has 0 fully saturated rings. The van der Waals surface area contributed by atoms with Crippen LogP contribution in [0, 0.1) is 0 Å². The first-order valence-electron chi connectivity index (χ1n) is 6.74. The lowest BCUT2D eigenvalue weighted by atomic mass is 9.86. The molecule has 0 amide bonds. The van der Waals surface area contributed by atoms with Gasteiger partial charge in [-0.1, -0.05) is 17.7 Å². The normalized spacial score (nSPS) is 23.2. The Kier molecular flexibility index (Phi) is 3.30. The minimum Gasteiger partial charge on any atom is -0.485 e. The quantitative estimate of drug-likeness (QED) is 0.881. The molecule has 0 spiro atoms. The molecule has 1 N–H and O–H groups in total. The van der Waals surface area contributed by atoms with Crippen LogP contribution in [0.25, 0.3) is 0 Å². The maximum absolute atomic E-state index is 12.1. The molecule has 0 radical (unpaired) electrons. The van der Waals surface area contributed by atoms with E-state index in [1.807, 2.05) is 0 Å². The predicted octanol–water partition coefficient (Wildman–Crippen LogP) is 2.62. The van der Waals surface area contributed by atoms with Gasteiger partial charge in [-0.2, -0.15) is 0 Å². The number of aromatic nitrogens is 1. The van der Waals surface area contributed by atoms with E-state index in [1.54, 1.807) is 50.4 Å². The second-order valence-electron chi connectivity index (χ2n) is 5.72. The first-order chi connectivity index (χ1) is 9.90. The molecular formula is C16H16ClNO3. The minimum atomic E-state index is -0.872. The lowest BCUT2D eigenvalue weighted by Gasteiger charge is -2.42. The summed E-state index contributed by atoms with van der Waals surface area (Å²) in [7, 11) is 0. The van der Waals surface area contributed by atoms with Gasteiger partial charge in [-0.05, 0) is 38.1 Å². The molecule has 1 aliphatic heterocycles. The second kappa shape index (κ2) is 4.90. The van der Waals surface area contributed by atoms with Crippen molar-refractivity contribution in [1.29, 1.82) is 0 Å². The van der Waals surface area contributed by atoms with Crippen molar-refractivity contribution in [3.63, 3.8) is 0 Å². The Labute approximate surface area is 127 Å². The number of ether oxygens (including phenoxy) is 1. The number of rotatable bonds is 1. The highest BCUT2D eigenvalue weighted by molar-refractivity contribution is 6.30. The summed E-state index contributed by atoms with van der Waals surface area (Å²) in [6.45, 7) is 3.60. The molecule has 2 heterocycles. The molecule has 2 aromatic rings. The number of hydrogen-bond donors (Lipinski definition) is 1. The predicted molar refractivity (Wildman–Crippen MR) is 81.0 cm³/mol. The summed E-state index contributed by atoms with van der Waals surface area (Å²) in [6, 6.07) is 9.62. The highest BCUT2D eigenvalue weighted by Crippen LogP contribution is 2.42. The summed E-state index contributed by atoms with van der Waals surface area (Å²) in [5.74, 6) is 0.635. The minimum absolute atomic E-state index is 0.176. The molecule has 4 nitrogen and oxygen atoms in total. The van der Waals surface area contributed by atoms with Gasteiger partial charge in [0.2, 0.25) is 0 Å². The largest absolute Gasteiger partial charge is 0.485 e. The molecule has 2 unspecified atom stereocenters. The summed E-state index contributed by atoms with van der Waals surface area (Å²) < 4.78 is 7.37. The highest BCUT2D eigenvalue weighted by atomic mass is 35.5. The standard InChI is InChI=1S/C16H16ClNO3/c1-16(2)15(20)14(18-8-4-3-5-13(18)19)11-9-10(17)6-7-12(11)21-16/h3-9,14-15,20H,1-2H3. The number of pyridine rings is 1. The van der Waals surface area contributed by atoms with E-state index >= 15 is 0 Å². The average Bonchev–Trinajstić information content (AvgIpc) is 2.42. The molecule has 0 bridgehead atoms. The molecule has 1 aromatic carbocycles. The third-order valence-electron chi connectivity index (χ3n) is 3.83. The van der Waals surface area contributed by atoms with Crippen molar-refractivity contribution in [3.05, 3.63) is 63.5 Å². The molecule has 0 saturated carbocycles. The number of nitrogens with zero attached hydrogens (tertiary/aromatic N) is 1. The van der Waals surface area contributed by atoms with E-state index in [4.69, 9.17) is 16.3 Å². The van der Waals surface area contributed by atoms with Crippen LogP contribution < -0.4 is 10.3 Å². The molecule has 110 valence electrons. The van der Waals surface area contributed by atoms with Gasteiger partial charge in [0.05, 0.1) is 6.04 Å². The molecule has 2 atom stereocenters. The van der Waals surface area contributed by atoms with E-state index in [1.165, 1.54) is 10.6 Å². The summed E-state index contributed by atoms with van der Waals surface area (Å²) in [6.07, 6.45) is 0.797. The number of aliphatic hydroxyl groups is 1. The van der Waals surface area contributed by atoms with Crippen LogP contribution >= 0.6 is 11.6 Å². The summed E-state index contributed by atoms with van der Waals surface area (Å²) >= 11 is 6.06. The monoisotopic (exact) mass is 305 g/mol. The fraction of sp³-hybridized carbons (Fsp3) is 0.312. The first-order valence-corrected chi connectivity index (χ1v) is 7.11. The van der Waals surface area contributed by atoms with Crippen LogP contribution in [0.4, 0.5) is 0 Å². The molecule has 1 aromatic heterocycles. The Bertz CT molecular complexity index is 738. The number of benzene rings is 1. The Morgan fingerprint density at radius 2 is 2.05 bits per heavy atom. The number of halogens is 1. The molecule has 0 saturated heterocycles. The maximum Gasteiger partial charge on any atom is 0.251 e. The van der Waals surface area contributed by atoms with Gasteiger partial charge in [0, 0.05) is 22.8 Å². The van der Waals surface area contributed by atoms with Crippen LogP contribution in [-0.4, -0.2) is 21.4 Å². The second-order valence-corrected chi connectivity index (χ2v) is 6.16. The van der Waals surface area contributed by atoms with Gasteiger partial charge in [0.15, 0.2) is 0 Å². The van der Waals surface area contributed by atoms with Crippen molar-refractivity contribution in [2.45, 2.75) is 31.6 Å². The fourth-order valence-electron chi connectivity index (χ4n) is 2.71. The molecule has 3 rings (SSSR count). The van der Waals surface area contributed by atoms with Crippen molar-refractivity contribution >= 4 is 11.6 Å². The third-order valence-corrected chi connectivity index (χ3v) is 4.06. The Morgan fingerprint density at radius 3 is 2.76 bits per heavy atom. The van der Waals surface area contributed by atoms with Crippen molar-refractivity contribution in [2.24, 2.45) is 0 Å². The Hall–Kier alpha value is -1.78. The van der Waals surface area contributed by atoms with Crippen LogP contribution in [0.2, 0.25) is 5.02 Å². The van der Waals surface area contributed by atoms with Crippen molar-refractivity contribution in [2.75, 3.05) is 0 Å². The molecule has 5 heteroatoms. The third kappa shape index (κ3) is 2.34. The van der Waals surface area contributed by atoms with Gasteiger partial charge in [0.25, 0.3) is 5.56 Å². The number of hydrogen-bond acceptors (Lipinski definition) is 3. The van der Waals surface area contributed by atoms with Crippen LogP contribution in [0.3, 0.4) is 0 Å². The molecule has 0 aliphatic carbocycles. The fourth-order valence-corrected chi connectivity index (χ4v) is 2.89. The lowest BCUT2D eigenvalue weighted by molar-refractivity contribution is -0.0642. The summed E-state index contributed by atoms with van der Waals surface area (Å²) in [5, 5.41) is 11.2. The molecule has 1 aliphatic rings. The zero-order chi connectivity index (χ0) is 15.2. The van der Waals surface area contributed by atoms with Gasteiger partial charge in [-0.25, -0.2) is 0 Å². The number of aliphatic hydroxyl groups excluding tert-OH is 1. The lowest BCUT2D eigenvalue weighted by Crippen LogP contribution is -2.52. The van der Waals surface area contributed by atoms with E-state index in [0.29, 0.717) is 16.3 Å². The van der Waals surface area contributed by atoms with Crippen LogP contribution in [0.1, 0.15) is 25.5 Å². The zero-order valence-electron chi connectivity index (χ0n) is 11.8. The first kappa shape index (κ1) is 14.2. The van der Waals surface area contributed by atoms with E-state index in [2.05, 4.69) is 0 Å². The maximum atomic E-state index is 12.1. The topological polar surface area (TPSA) is 51.5 Å². The smallest absolute Gasteiger partial charge is 0.251 e. The van der Waals surface area contributed by atoms with Gasteiger partial charge in [0.1, 0.15) is 17.5 Å². The van der Waals surface area contributed by atoms with Crippen molar-refractivity contribution < 1.29 is 9.84 Å². The van der Waals surface area contributed by atoms with E-state index < -0.39 is 17.7 Å². The van der Waals surface area contributed by atoms with Gasteiger partial charge < -0.3 is 14.4 Å². The summed E-state index contributed by atoms with van der Waals surface area (Å²) in [5.41, 5.74) is -0.270. The van der Waals surface area contributed by atoms with Crippen LogP contribution in [0.5, 0.6) is 5.75 Å². The van der Waals surface area contributed by atoms with E-state index in [0.717, 1.165) is 0 Å². The van der Waals surface area contributed by atoms with E-state index in [9.17, 15) is 9.90 Å². The zero-order valence-corrected chi connectivity index (χ0v) is 12.5. The van der Waals surface area contributed by atoms with Gasteiger partial charge >= 0.3 is 0 Å². The average molecular weight is 306 g/mol. The molecular weight excluding hydrogens is 290 g/mol. The summed E-state index contributed by atoms with van der Waals surface area (Å²) in [4.78, 5) is 12.1. The SMILES string of the molecule is CC1(C)Oc2ccc(Cl)cc2C(n2ccccc2=O)C1O. The highest BCUT2D eigenvalue weighted by Gasteiger charge is 2.44. The van der Waals surface area contributed by atoms with Crippen LogP contribution in [0.15, 0.2) is 47.4 Å². The van der Waals surface area contributed by atoms with Gasteiger partial charge in [-0.15, -0.1) is 0 Å². The van der Waals surface area contributed by atoms with Crippen LogP contribution in [-0.2, 0) is 0 Å². The van der Waals surface area contributed by atoms with E-state index in [-0.39, 0.29) is 5.56 Å². The molecule has 21 heavy (non-hydrogen) atoms. The van der Waals surface area contributed by atoms with Crippen molar-refractivity contribution in [3.8, 4) is 5.75 Å². The van der Waals surface area contributed by atoms with Crippen molar-refractivity contribution in [1.82, 2.24) is 4.57 Å². The Morgan fingerprint density at radius 1 is 1.29 bits per heavy atom. The van der Waals surface area contributed by atoms with Gasteiger partial charge in [-0.3, -0.25) is 4.79 Å². The Balaban J connectivity index is 2.25.